The van der Waals surface area contributed by atoms with E-state index in [-0.39, 0.29) is 0 Å². The van der Waals surface area contributed by atoms with Crippen molar-refractivity contribution in [2.45, 2.75) is 27.7 Å². The lowest BCUT2D eigenvalue weighted by Gasteiger charge is -1.97. The summed E-state index contributed by atoms with van der Waals surface area (Å²) in [5.74, 6) is 5.59. The van der Waals surface area contributed by atoms with Crippen LogP contribution in [0.25, 0.3) is 5.70 Å². The number of ether oxygens (including phenoxy) is 1. The summed E-state index contributed by atoms with van der Waals surface area (Å²) >= 11 is 0. The van der Waals surface area contributed by atoms with Crippen molar-refractivity contribution in [1.29, 1.82) is 0 Å². The molecule has 0 unspecified atom stereocenters. The minimum absolute atomic E-state index is 0.426. The van der Waals surface area contributed by atoms with E-state index in [0.29, 0.717) is 17.7 Å². The number of allylic oxidation sites excluding steroid dienone is 1. The lowest BCUT2D eigenvalue weighted by molar-refractivity contribution is 0.111. The molecule has 0 aliphatic carbocycles. The van der Waals surface area contributed by atoms with Gasteiger partial charge in [0.15, 0.2) is 6.29 Å². The highest BCUT2D eigenvalue weighted by Gasteiger charge is 2.11. The van der Waals surface area contributed by atoms with E-state index < -0.39 is 0 Å². The van der Waals surface area contributed by atoms with Crippen molar-refractivity contribution in [3.63, 3.8) is 0 Å². The maximum Gasteiger partial charge on any atom is 0.168 e. The summed E-state index contributed by atoms with van der Waals surface area (Å²) in [6, 6.07) is 0. The second-order valence-electron chi connectivity index (χ2n) is 3.68. The van der Waals surface area contributed by atoms with Gasteiger partial charge in [-0.1, -0.05) is 13.8 Å². The standard InChI is InChI=1S/C10H14N4O.C3H8O.C2H6/c1-7-8(9(11)3-4-13-2)5-14(12)10(7)6-15;1-3-4-2;1-2/h3-6H,11-12H2,1-2H3;3H2,1-2H3;1-2H3/b9-3-,13-4?;;. The number of methoxy groups -OCH3 is 1. The zero-order valence-electron chi connectivity index (χ0n) is 13.9. The van der Waals surface area contributed by atoms with Gasteiger partial charge in [0.05, 0.1) is 0 Å². The molecule has 1 aromatic rings. The van der Waals surface area contributed by atoms with Crippen LogP contribution >= 0.6 is 0 Å². The number of hydrogen-bond acceptors (Lipinski definition) is 5. The lowest BCUT2D eigenvalue weighted by Crippen LogP contribution is -2.10. The molecule has 0 aliphatic rings. The molecule has 0 atom stereocenters. The van der Waals surface area contributed by atoms with Crippen LogP contribution in [0, 0.1) is 6.92 Å². The van der Waals surface area contributed by atoms with E-state index in [9.17, 15) is 4.79 Å². The quantitative estimate of drug-likeness (QED) is 0.504. The van der Waals surface area contributed by atoms with E-state index in [0.717, 1.165) is 17.7 Å². The van der Waals surface area contributed by atoms with E-state index in [1.807, 2.05) is 20.8 Å². The van der Waals surface area contributed by atoms with E-state index in [1.165, 1.54) is 4.68 Å². The fourth-order valence-corrected chi connectivity index (χ4v) is 1.32. The summed E-state index contributed by atoms with van der Waals surface area (Å²) in [5.41, 5.74) is 8.28. The minimum atomic E-state index is 0.426. The van der Waals surface area contributed by atoms with Crippen LogP contribution in [0.5, 0.6) is 0 Å². The molecule has 0 aliphatic heterocycles. The Bertz CT molecular complexity index is 460. The van der Waals surface area contributed by atoms with Gasteiger partial charge in [-0.25, -0.2) is 0 Å². The number of carbonyl (C=O) groups is 1. The maximum atomic E-state index is 10.7. The summed E-state index contributed by atoms with van der Waals surface area (Å²) in [5, 5.41) is 0. The van der Waals surface area contributed by atoms with Crippen molar-refractivity contribution in [2.24, 2.45) is 10.7 Å². The van der Waals surface area contributed by atoms with Gasteiger partial charge >= 0.3 is 0 Å². The van der Waals surface area contributed by atoms with Crippen LogP contribution in [0.1, 0.15) is 42.4 Å². The van der Waals surface area contributed by atoms with Crippen LogP contribution in [0.3, 0.4) is 0 Å². The molecule has 0 fully saturated rings. The second kappa shape index (κ2) is 12.9. The van der Waals surface area contributed by atoms with Gasteiger partial charge in [0.25, 0.3) is 0 Å². The molecular weight excluding hydrogens is 268 g/mol. The third-order valence-electron chi connectivity index (χ3n) is 2.45. The highest BCUT2D eigenvalue weighted by molar-refractivity contribution is 5.86. The van der Waals surface area contributed by atoms with Crippen LogP contribution in [-0.4, -0.2) is 37.9 Å². The lowest BCUT2D eigenvalue weighted by atomic mass is 10.1. The van der Waals surface area contributed by atoms with Crippen molar-refractivity contribution >= 4 is 18.2 Å². The average Bonchev–Trinajstić information content (AvgIpc) is 2.81. The topological polar surface area (TPSA) is 95.6 Å². The summed E-state index contributed by atoms with van der Waals surface area (Å²) in [4.78, 5) is 14.5. The fourth-order valence-electron chi connectivity index (χ4n) is 1.32. The van der Waals surface area contributed by atoms with Gasteiger partial charge in [0, 0.05) is 44.4 Å². The number of carbonyl (C=O) groups excluding carboxylic acids is 1. The van der Waals surface area contributed by atoms with Crippen molar-refractivity contribution in [2.75, 3.05) is 26.6 Å². The minimum Gasteiger partial charge on any atom is -0.398 e. The number of rotatable bonds is 4. The molecule has 1 aromatic heterocycles. The van der Waals surface area contributed by atoms with Gasteiger partial charge in [-0.3, -0.25) is 14.5 Å². The zero-order chi connectivity index (χ0) is 16.8. The second-order valence-corrected chi connectivity index (χ2v) is 3.68. The molecule has 4 N–H and O–H groups in total. The van der Waals surface area contributed by atoms with Crippen molar-refractivity contribution < 1.29 is 9.53 Å². The number of aldehydes is 1. The van der Waals surface area contributed by atoms with E-state index in [2.05, 4.69) is 9.73 Å². The number of nitrogens with two attached hydrogens (primary N) is 2. The van der Waals surface area contributed by atoms with Gasteiger partial charge in [-0.2, -0.15) is 0 Å². The number of hydrogen-bond donors (Lipinski definition) is 2. The Morgan fingerprint density at radius 3 is 2.33 bits per heavy atom. The highest BCUT2D eigenvalue weighted by Crippen LogP contribution is 2.17. The zero-order valence-corrected chi connectivity index (χ0v) is 13.9. The summed E-state index contributed by atoms with van der Waals surface area (Å²) in [6.07, 6.45) is 5.58. The molecule has 0 bridgehead atoms. The highest BCUT2D eigenvalue weighted by atomic mass is 16.5. The monoisotopic (exact) mass is 296 g/mol. The van der Waals surface area contributed by atoms with Gasteiger partial charge in [-0.15, -0.1) is 0 Å². The maximum absolute atomic E-state index is 10.7. The van der Waals surface area contributed by atoms with Crippen molar-refractivity contribution in [1.82, 2.24) is 4.68 Å². The molecule has 120 valence electrons. The predicted molar refractivity (Wildman–Crippen MR) is 90.2 cm³/mol. The van der Waals surface area contributed by atoms with Crippen molar-refractivity contribution in [3.8, 4) is 0 Å². The third-order valence-corrected chi connectivity index (χ3v) is 2.45. The molecule has 0 aromatic carbocycles. The number of aromatic nitrogens is 1. The summed E-state index contributed by atoms with van der Waals surface area (Å²) in [6.45, 7) is 8.58. The molecule has 0 spiro atoms. The molecule has 1 heterocycles. The molecule has 6 heteroatoms. The van der Waals surface area contributed by atoms with Crippen LogP contribution in [0.15, 0.2) is 17.3 Å². The predicted octanol–water partition coefficient (Wildman–Crippen LogP) is 2.00. The molecule has 0 saturated carbocycles. The van der Waals surface area contributed by atoms with Gasteiger partial charge in [0.1, 0.15) is 5.69 Å². The molecule has 0 amide bonds. The van der Waals surface area contributed by atoms with E-state index >= 15 is 0 Å². The molecule has 0 saturated heterocycles. The summed E-state index contributed by atoms with van der Waals surface area (Å²) in [7, 11) is 3.33. The van der Waals surface area contributed by atoms with Gasteiger partial charge in [-0.05, 0) is 25.5 Å². The normalized spacial score (nSPS) is 10.5. The Labute approximate surface area is 127 Å². The van der Waals surface area contributed by atoms with E-state index in [1.54, 1.807) is 39.6 Å². The fraction of sp³-hybridized carbons (Fsp3) is 0.467. The third kappa shape index (κ3) is 7.31. The Kier molecular flexibility index (Phi) is 13.1. The largest absolute Gasteiger partial charge is 0.398 e. The first-order valence-electron chi connectivity index (χ1n) is 6.82. The Morgan fingerprint density at radius 1 is 1.48 bits per heavy atom. The molecule has 21 heavy (non-hydrogen) atoms. The molecule has 0 radical (unpaired) electrons. The smallest absolute Gasteiger partial charge is 0.168 e. The first-order chi connectivity index (χ1) is 10.0. The molecule has 6 nitrogen and oxygen atoms in total. The SMILES string of the molecule is CC.CCOC.CN=C/C=C(\N)c1cn(N)c(C=O)c1C. The first kappa shape index (κ1) is 21.2. The molecular formula is C15H28N4O2. The Balaban J connectivity index is 0. The average molecular weight is 296 g/mol. The van der Waals surface area contributed by atoms with Crippen LogP contribution < -0.4 is 11.6 Å². The van der Waals surface area contributed by atoms with E-state index in [4.69, 9.17) is 11.6 Å². The number of nitrogen functional groups attached to an aromatic ring is 1. The van der Waals surface area contributed by atoms with Crippen LogP contribution in [0.2, 0.25) is 0 Å². The van der Waals surface area contributed by atoms with Crippen LogP contribution in [0.4, 0.5) is 0 Å². The number of nitrogens with zero attached hydrogens (tertiary/aromatic N) is 2. The van der Waals surface area contributed by atoms with Gasteiger partial charge < -0.3 is 16.3 Å². The Morgan fingerprint density at radius 2 is 2.00 bits per heavy atom. The first-order valence-corrected chi connectivity index (χ1v) is 6.82. The van der Waals surface area contributed by atoms with Crippen molar-refractivity contribution in [3.05, 3.63) is 29.1 Å². The Hall–Kier alpha value is -2.08. The van der Waals surface area contributed by atoms with Gasteiger partial charge in [0.2, 0.25) is 0 Å². The molecule has 1 rings (SSSR count). The van der Waals surface area contributed by atoms with Crippen LogP contribution in [-0.2, 0) is 4.74 Å². The number of aliphatic imine (C=N–C) groups is 1. The summed E-state index contributed by atoms with van der Waals surface area (Å²) < 4.78 is 5.81.